The number of aromatic carboxylic acids is 1. The highest BCUT2D eigenvalue weighted by atomic mass is 16.4. The van der Waals surface area contributed by atoms with Crippen molar-refractivity contribution in [2.75, 3.05) is 0 Å². The third-order valence-electron chi connectivity index (χ3n) is 1.70. The van der Waals surface area contributed by atoms with Crippen molar-refractivity contribution in [3.63, 3.8) is 0 Å². The minimum absolute atomic E-state index is 0.307. The number of rotatable bonds is 1. The van der Waals surface area contributed by atoms with Crippen LogP contribution in [0, 0.1) is 11.3 Å². The molecule has 1 aromatic heterocycles. The molecule has 2 rings (SSSR count). The fraction of sp³-hybridized carbons (Fsp3) is 0. The van der Waals surface area contributed by atoms with Gasteiger partial charge in [0.15, 0.2) is 5.58 Å². The van der Waals surface area contributed by atoms with Gasteiger partial charge in [0.1, 0.15) is 5.52 Å². The second kappa shape index (κ2) is 2.85. The van der Waals surface area contributed by atoms with Gasteiger partial charge in [0, 0.05) is 6.07 Å². The maximum absolute atomic E-state index is 10.5. The number of carbonyl (C=O) groups is 1. The van der Waals surface area contributed by atoms with E-state index in [9.17, 15) is 4.79 Å². The van der Waals surface area contributed by atoms with Gasteiger partial charge in [-0.2, -0.15) is 5.26 Å². The molecule has 1 N–H and O–H groups in total. The summed E-state index contributed by atoms with van der Waals surface area (Å²) in [6.07, 6.45) is 0. The maximum Gasteiger partial charge on any atom is 0.392 e. The van der Waals surface area contributed by atoms with Crippen LogP contribution in [0.25, 0.3) is 11.1 Å². The molecular formula is C9H4N2O3. The largest absolute Gasteiger partial charge is 0.474 e. The number of benzene rings is 1. The van der Waals surface area contributed by atoms with Crippen molar-refractivity contribution in [3.05, 3.63) is 29.7 Å². The first-order valence-corrected chi connectivity index (χ1v) is 3.74. The quantitative estimate of drug-likeness (QED) is 0.730. The second-order valence-electron chi connectivity index (χ2n) is 2.62. The fourth-order valence-electron chi connectivity index (χ4n) is 1.09. The minimum Gasteiger partial charge on any atom is -0.474 e. The number of carboxylic acid groups (broad SMARTS) is 1. The van der Waals surface area contributed by atoms with Gasteiger partial charge in [-0.1, -0.05) is 0 Å². The zero-order chi connectivity index (χ0) is 10.1. The Balaban J connectivity index is 2.67. The normalized spacial score (nSPS) is 9.93. The van der Waals surface area contributed by atoms with Gasteiger partial charge >= 0.3 is 11.9 Å². The molecule has 0 aliphatic rings. The summed E-state index contributed by atoms with van der Waals surface area (Å²) >= 11 is 0. The Morgan fingerprint density at radius 2 is 2.36 bits per heavy atom. The summed E-state index contributed by atoms with van der Waals surface area (Å²) in [7, 11) is 0. The summed E-state index contributed by atoms with van der Waals surface area (Å²) in [5, 5.41) is 17.2. The van der Waals surface area contributed by atoms with Crippen LogP contribution in [-0.2, 0) is 0 Å². The molecule has 1 aromatic carbocycles. The molecule has 2 aromatic rings. The highest BCUT2D eigenvalue weighted by Gasteiger charge is 2.12. The Hall–Kier alpha value is -2.35. The van der Waals surface area contributed by atoms with E-state index in [2.05, 4.69) is 4.98 Å². The van der Waals surface area contributed by atoms with Crippen molar-refractivity contribution in [1.82, 2.24) is 4.98 Å². The lowest BCUT2D eigenvalue weighted by atomic mass is 10.2. The van der Waals surface area contributed by atoms with Crippen molar-refractivity contribution >= 4 is 17.1 Å². The van der Waals surface area contributed by atoms with E-state index in [1.165, 1.54) is 6.07 Å². The van der Waals surface area contributed by atoms with Crippen LogP contribution in [0.2, 0.25) is 0 Å². The van der Waals surface area contributed by atoms with Crippen LogP contribution >= 0.6 is 0 Å². The van der Waals surface area contributed by atoms with Gasteiger partial charge in [-0.05, 0) is 12.1 Å². The van der Waals surface area contributed by atoms with Crippen LogP contribution in [0.3, 0.4) is 0 Å². The van der Waals surface area contributed by atoms with Crippen LogP contribution < -0.4 is 0 Å². The number of oxazole rings is 1. The first kappa shape index (κ1) is 8.26. The molecule has 0 fully saturated rings. The molecule has 0 unspecified atom stereocenters. The third-order valence-corrected chi connectivity index (χ3v) is 1.70. The molecule has 68 valence electrons. The number of nitrogens with zero attached hydrogens (tertiary/aromatic N) is 2. The SMILES string of the molecule is N#Cc1ccc2nc(C(=O)O)oc2c1. The lowest BCUT2D eigenvalue weighted by molar-refractivity contribution is 0.0656. The van der Waals surface area contributed by atoms with Crippen molar-refractivity contribution in [2.24, 2.45) is 0 Å². The molecule has 5 heteroatoms. The lowest BCUT2D eigenvalue weighted by Crippen LogP contribution is -1.94. The number of hydrogen-bond acceptors (Lipinski definition) is 4. The van der Waals surface area contributed by atoms with Crippen LogP contribution in [0.1, 0.15) is 16.2 Å². The number of nitriles is 1. The summed E-state index contributed by atoms with van der Waals surface area (Å²) in [4.78, 5) is 14.2. The van der Waals surface area contributed by atoms with E-state index in [0.717, 1.165) is 0 Å². The zero-order valence-electron chi connectivity index (χ0n) is 6.89. The van der Waals surface area contributed by atoms with Gasteiger partial charge in [0.25, 0.3) is 0 Å². The Labute approximate surface area is 78.2 Å². The van der Waals surface area contributed by atoms with Crippen LogP contribution in [0.15, 0.2) is 22.6 Å². The van der Waals surface area contributed by atoms with Gasteiger partial charge in [-0.15, -0.1) is 0 Å². The monoisotopic (exact) mass is 188 g/mol. The molecule has 0 amide bonds. The molecule has 0 saturated carbocycles. The zero-order valence-corrected chi connectivity index (χ0v) is 6.89. The standard InChI is InChI=1S/C9H4N2O3/c10-4-5-1-2-6-7(3-5)14-8(11-6)9(12)13/h1-3H,(H,12,13). The highest BCUT2D eigenvalue weighted by Crippen LogP contribution is 2.16. The van der Waals surface area contributed by atoms with Crippen molar-refractivity contribution in [1.29, 1.82) is 5.26 Å². The molecule has 1 heterocycles. The smallest absolute Gasteiger partial charge is 0.392 e. The number of fused-ring (bicyclic) bond motifs is 1. The molecule has 14 heavy (non-hydrogen) atoms. The molecule has 0 saturated heterocycles. The van der Waals surface area contributed by atoms with Crippen molar-refractivity contribution in [2.45, 2.75) is 0 Å². The summed E-state index contributed by atoms with van der Waals surface area (Å²) < 4.78 is 4.91. The first-order chi connectivity index (χ1) is 6.70. The van der Waals surface area contributed by atoms with Gasteiger partial charge in [0.2, 0.25) is 0 Å². The Kier molecular flexibility index (Phi) is 1.68. The lowest BCUT2D eigenvalue weighted by Gasteiger charge is -1.85. The molecule has 0 aliphatic carbocycles. The summed E-state index contributed by atoms with van der Waals surface area (Å²) in [6, 6.07) is 6.47. The van der Waals surface area contributed by atoms with E-state index in [1.54, 1.807) is 12.1 Å². The predicted octanol–water partition coefficient (Wildman–Crippen LogP) is 1.40. The van der Waals surface area contributed by atoms with E-state index in [-0.39, 0.29) is 5.89 Å². The Morgan fingerprint density at radius 1 is 1.57 bits per heavy atom. The number of aromatic nitrogens is 1. The summed E-state index contributed by atoms with van der Waals surface area (Å²) in [5.41, 5.74) is 1.15. The predicted molar refractivity (Wildman–Crippen MR) is 45.7 cm³/mol. The average Bonchev–Trinajstić information content (AvgIpc) is 2.59. The molecule has 0 radical (unpaired) electrons. The molecule has 0 atom stereocenters. The Bertz CT molecular complexity index is 551. The molecular weight excluding hydrogens is 184 g/mol. The van der Waals surface area contributed by atoms with Gasteiger partial charge in [0.05, 0.1) is 11.6 Å². The van der Waals surface area contributed by atoms with Gasteiger partial charge < -0.3 is 9.52 Å². The minimum atomic E-state index is -1.22. The number of carboxylic acids is 1. The topological polar surface area (TPSA) is 87.1 Å². The molecule has 5 nitrogen and oxygen atoms in total. The van der Waals surface area contributed by atoms with E-state index in [0.29, 0.717) is 16.7 Å². The molecule has 0 bridgehead atoms. The van der Waals surface area contributed by atoms with Crippen molar-refractivity contribution < 1.29 is 14.3 Å². The van der Waals surface area contributed by atoms with Crippen LogP contribution in [0.5, 0.6) is 0 Å². The summed E-state index contributed by atoms with van der Waals surface area (Å²) in [6.45, 7) is 0. The number of hydrogen-bond donors (Lipinski definition) is 1. The fourth-order valence-corrected chi connectivity index (χ4v) is 1.09. The van der Waals surface area contributed by atoms with Crippen molar-refractivity contribution in [3.8, 4) is 6.07 Å². The van der Waals surface area contributed by atoms with E-state index < -0.39 is 5.97 Å². The maximum atomic E-state index is 10.5. The molecule has 0 spiro atoms. The molecule has 0 aliphatic heterocycles. The van der Waals surface area contributed by atoms with Crippen LogP contribution in [0.4, 0.5) is 0 Å². The second-order valence-corrected chi connectivity index (χ2v) is 2.62. The highest BCUT2D eigenvalue weighted by molar-refractivity contribution is 5.86. The van der Waals surface area contributed by atoms with E-state index >= 15 is 0 Å². The average molecular weight is 188 g/mol. The third kappa shape index (κ3) is 1.19. The Morgan fingerprint density at radius 3 is 3.00 bits per heavy atom. The first-order valence-electron chi connectivity index (χ1n) is 3.74. The van der Waals surface area contributed by atoms with E-state index in [1.807, 2.05) is 6.07 Å². The van der Waals surface area contributed by atoms with Gasteiger partial charge in [-0.25, -0.2) is 9.78 Å². The summed E-state index contributed by atoms with van der Waals surface area (Å²) in [5.74, 6) is -1.59. The van der Waals surface area contributed by atoms with Gasteiger partial charge in [-0.3, -0.25) is 0 Å². The van der Waals surface area contributed by atoms with Crippen LogP contribution in [-0.4, -0.2) is 16.1 Å². The van der Waals surface area contributed by atoms with E-state index in [4.69, 9.17) is 14.8 Å².